The van der Waals surface area contributed by atoms with Gasteiger partial charge in [-0.1, -0.05) is 24.3 Å². The van der Waals surface area contributed by atoms with E-state index in [1.165, 1.54) is 0 Å². The fourth-order valence-corrected chi connectivity index (χ4v) is 2.31. The largest absolute Gasteiger partial charge is 0.388 e. The lowest BCUT2D eigenvalue weighted by Gasteiger charge is -2.11. The molecule has 0 bridgehead atoms. The highest BCUT2D eigenvalue weighted by Crippen LogP contribution is 2.22. The molecule has 0 fully saturated rings. The van der Waals surface area contributed by atoms with Crippen molar-refractivity contribution in [1.82, 2.24) is 9.97 Å². The van der Waals surface area contributed by atoms with Crippen molar-refractivity contribution < 1.29 is 5.11 Å². The Labute approximate surface area is 117 Å². The molecule has 0 aliphatic heterocycles. The summed E-state index contributed by atoms with van der Waals surface area (Å²) in [5.41, 5.74) is 2.98. The Kier molecular flexibility index (Phi) is 3.70. The average Bonchev–Trinajstić information content (AvgIpc) is 2.53. The van der Waals surface area contributed by atoms with Gasteiger partial charge in [0.05, 0.1) is 11.6 Å². The van der Waals surface area contributed by atoms with Crippen molar-refractivity contribution in [2.24, 2.45) is 0 Å². The summed E-state index contributed by atoms with van der Waals surface area (Å²) >= 11 is 0. The van der Waals surface area contributed by atoms with Crippen molar-refractivity contribution in [3.63, 3.8) is 0 Å². The van der Waals surface area contributed by atoms with Crippen molar-refractivity contribution >= 4 is 10.9 Å². The molecule has 1 atom stereocenters. The third-order valence-corrected chi connectivity index (χ3v) is 3.44. The molecule has 100 valence electrons. The van der Waals surface area contributed by atoms with E-state index in [0.717, 1.165) is 28.5 Å². The first kappa shape index (κ1) is 12.8. The first-order valence-electron chi connectivity index (χ1n) is 6.74. The maximum atomic E-state index is 10.3. The van der Waals surface area contributed by atoms with E-state index in [0.29, 0.717) is 6.42 Å². The van der Waals surface area contributed by atoms with Gasteiger partial charge >= 0.3 is 0 Å². The molecule has 0 radical (unpaired) electrons. The summed E-state index contributed by atoms with van der Waals surface area (Å²) in [5.74, 6) is 0. The van der Waals surface area contributed by atoms with E-state index in [-0.39, 0.29) is 0 Å². The lowest BCUT2D eigenvalue weighted by molar-refractivity contribution is 0.168. The summed E-state index contributed by atoms with van der Waals surface area (Å²) in [6, 6.07) is 13.8. The number of rotatable bonds is 4. The normalized spacial score (nSPS) is 12.4. The molecular weight excluding hydrogens is 248 g/mol. The lowest BCUT2D eigenvalue weighted by Crippen LogP contribution is -2.00. The number of aliphatic hydroxyl groups excluding tert-OH is 1. The van der Waals surface area contributed by atoms with Crippen LogP contribution >= 0.6 is 0 Å². The molecule has 0 aliphatic carbocycles. The SMILES string of the molecule is OC(CCc1cccnc1)c1ccc2cccnc2c1. The summed E-state index contributed by atoms with van der Waals surface area (Å²) in [7, 11) is 0. The molecule has 1 unspecified atom stereocenters. The second-order valence-electron chi connectivity index (χ2n) is 4.87. The number of benzene rings is 1. The fraction of sp³-hybridized carbons (Fsp3) is 0.176. The monoisotopic (exact) mass is 264 g/mol. The highest BCUT2D eigenvalue weighted by atomic mass is 16.3. The van der Waals surface area contributed by atoms with Gasteiger partial charge in [-0.25, -0.2) is 0 Å². The number of hydrogen-bond donors (Lipinski definition) is 1. The third kappa shape index (κ3) is 2.83. The van der Waals surface area contributed by atoms with Gasteiger partial charge in [0.1, 0.15) is 0 Å². The average molecular weight is 264 g/mol. The van der Waals surface area contributed by atoms with Crippen LogP contribution < -0.4 is 0 Å². The van der Waals surface area contributed by atoms with E-state index >= 15 is 0 Å². The molecule has 3 heteroatoms. The minimum Gasteiger partial charge on any atom is -0.388 e. The summed E-state index contributed by atoms with van der Waals surface area (Å²) in [4.78, 5) is 8.41. The maximum absolute atomic E-state index is 10.3. The minimum absolute atomic E-state index is 0.471. The molecular formula is C17H16N2O. The molecule has 1 aromatic carbocycles. The molecule has 3 rings (SSSR count). The third-order valence-electron chi connectivity index (χ3n) is 3.44. The summed E-state index contributed by atoms with van der Waals surface area (Å²) in [6.07, 6.45) is 6.40. The van der Waals surface area contributed by atoms with Crippen LogP contribution in [0.4, 0.5) is 0 Å². The van der Waals surface area contributed by atoms with Gasteiger partial charge in [-0.15, -0.1) is 0 Å². The second-order valence-corrected chi connectivity index (χ2v) is 4.87. The van der Waals surface area contributed by atoms with Gasteiger partial charge in [0.2, 0.25) is 0 Å². The predicted molar refractivity (Wildman–Crippen MR) is 79.3 cm³/mol. The van der Waals surface area contributed by atoms with E-state index in [2.05, 4.69) is 9.97 Å². The van der Waals surface area contributed by atoms with Crippen LogP contribution in [0.25, 0.3) is 10.9 Å². The first-order chi connectivity index (χ1) is 9.83. The van der Waals surface area contributed by atoms with Crippen LogP contribution in [0.3, 0.4) is 0 Å². The molecule has 3 aromatic rings. The maximum Gasteiger partial charge on any atom is 0.0794 e. The Hall–Kier alpha value is -2.26. The van der Waals surface area contributed by atoms with Crippen LogP contribution in [0.15, 0.2) is 61.1 Å². The number of nitrogens with zero attached hydrogens (tertiary/aromatic N) is 2. The van der Waals surface area contributed by atoms with Gasteiger partial charge in [0.25, 0.3) is 0 Å². The second kappa shape index (κ2) is 5.80. The summed E-state index contributed by atoms with van der Waals surface area (Å²) in [6.45, 7) is 0. The number of pyridine rings is 2. The van der Waals surface area contributed by atoms with Gasteiger partial charge in [-0.2, -0.15) is 0 Å². The number of aliphatic hydroxyl groups is 1. The zero-order valence-electron chi connectivity index (χ0n) is 11.1. The molecule has 1 N–H and O–H groups in total. The van der Waals surface area contributed by atoms with Crippen LogP contribution in [-0.4, -0.2) is 15.1 Å². The Morgan fingerprint density at radius 1 is 1.05 bits per heavy atom. The molecule has 2 heterocycles. The van der Waals surface area contributed by atoms with Crippen LogP contribution in [0, 0.1) is 0 Å². The Balaban J connectivity index is 1.73. The lowest BCUT2D eigenvalue weighted by atomic mass is 10.0. The van der Waals surface area contributed by atoms with Gasteiger partial charge in [-0.3, -0.25) is 9.97 Å². The van der Waals surface area contributed by atoms with Crippen molar-refractivity contribution in [2.75, 3.05) is 0 Å². The van der Waals surface area contributed by atoms with Crippen molar-refractivity contribution in [3.8, 4) is 0 Å². The molecule has 0 saturated carbocycles. The van der Waals surface area contributed by atoms with Gasteiger partial charge in [0, 0.05) is 24.0 Å². The quantitative estimate of drug-likeness (QED) is 0.786. The van der Waals surface area contributed by atoms with Gasteiger partial charge in [-0.05, 0) is 42.2 Å². The van der Waals surface area contributed by atoms with Gasteiger partial charge < -0.3 is 5.11 Å². The van der Waals surface area contributed by atoms with E-state index in [1.54, 1.807) is 12.4 Å². The van der Waals surface area contributed by atoms with E-state index in [4.69, 9.17) is 0 Å². The number of hydrogen-bond acceptors (Lipinski definition) is 3. The minimum atomic E-state index is -0.471. The van der Waals surface area contributed by atoms with Crippen LogP contribution in [0.5, 0.6) is 0 Å². The number of aromatic nitrogens is 2. The number of aryl methyl sites for hydroxylation is 1. The van der Waals surface area contributed by atoms with Gasteiger partial charge in [0.15, 0.2) is 0 Å². The van der Waals surface area contributed by atoms with Crippen LogP contribution in [-0.2, 0) is 6.42 Å². The van der Waals surface area contributed by atoms with E-state index < -0.39 is 6.10 Å². The summed E-state index contributed by atoms with van der Waals surface area (Å²) in [5, 5.41) is 11.4. The molecule has 0 amide bonds. The zero-order chi connectivity index (χ0) is 13.8. The number of fused-ring (bicyclic) bond motifs is 1. The highest BCUT2D eigenvalue weighted by Gasteiger charge is 2.08. The zero-order valence-corrected chi connectivity index (χ0v) is 11.1. The Morgan fingerprint density at radius 3 is 2.80 bits per heavy atom. The molecule has 3 nitrogen and oxygen atoms in total. The molecule has 2 aromatic heterocycles. The van der Waals surface area contributed by atoms with Crippen molar-refractivity contribution in [3.05, 3.63) is 72.2 Å². The van der Waals surface area contributed by atoms with E-state index in [1.807, 2.05) is 48.7 Å². The van der Waals surface area contributed by atoms with E-state index in [9.17, 15) is 5.11 Å². The van der Waals surface area contributed by atoms with Crippen molar-refractivity contribution in [1.29, 1.82) is 0 Å². The molecule has 0 spiro atoms. The van der Waals surface area contributed by atoms with Crippen LogP contribution in [0.1, 0.15) is 23.7 Å². The first-order valence-corrected chi connectivity index (χ1v) is 6.74. The summed E-state index contributed by atoms with van der Waals surface area (Å²) < 4.78 is 0. The Bertz CT molecular complexity index is 697. The fourth-order valence-electron chi connectivity index (χ4n) is 2.31. The standard InChI is InChI=1S/C17H16N2O/c20-17(8-5-13-3-1-9-18-12-13)15-7-6-14-4-2-10-19-16(14)11-15/h1-4,6-7,9-12,17,20H,5,8H2. The van der Waals surface area contributed by atoms with Crippen molar-refractivity contribution in [2.45, 2.75) is 18.9 Å². The molecule has 0 saturated heterocycles. The molecule has 20 heavy (non-hydrogen) atoms. The van der Waals surface area contributed by atoms with Crippen LogP contribution in [0.2, 0.25) is 0 Å². The predicted octanol–water partition coefficient (Wildman–Crippen LogP) is 3.30. The Morgan fingerprint density at radius 2 is 1.95 bits per heavy atom. The topological polar surface area (TPSA) is 46.0 Å². The highest BCUT2D eigenvalue weighted by molar-refractivity contribution is 5.78. The smallest absolute Gasteiger partial charge is 0.0794 e. The molecule has 0 aliphatic rings.